The Bertz CT molecular complexity index is 636. The predicted octanol–water partition coefficient (Wildman–Crippen LogP) is 1.71. The van der Waals surface area contributed by atoms with Gasteiger partial charge in [0.1, 0.15) is 11.4 Å². The summed E-state index contributed by atoms with van der Waals surface area (Å²) in [6.45, 7) is -3.36. The molecule has 2 rings (SSSR count). The molecule has 0 aliphatic carbocycles. The summed E-state index contributed by atoms with van der Waals surface area (Å²) in [5, 5.41) is 11.5. The van der Waals surface area contributed by atoms with E-state index >= 15 is 0 Å². The number of hydrogen-bond acceptors (Lipinski definition) is 5. The Hall–Kier alpha value is -2.00. The molecule has 0 bridgehead atoms. The molecule has 1 aromatic carbocycles. The zero-order valence-corrected chi connectivity index (χ0v) is 12.6. The van der Waals surface area contributed by atoms with Crippen molar-refractivity contribution in [1.29, 1.82) is 0 Å². The van der Waals surface area contributed by atoms with Gasteiger partial charge in [-0.2, -0.15) is 8.78 Å². The van der Waals surface area contributed by atoms with Crippen molar-refractivity contribution in [3.8, 4) is 5.75 Å². The summed E-state index contributed by atoms with van der Waals surface area (Å²) in [5.74, 6) is -1.15. The molecule has 0 radical (unpaired) electrons. The molecule has 6 nitrogen and oxygen atoms in total. The highest BCUT2D eigenvalue weighted by atomic mass is 79.9. The van der Waals surface area contributed by atoms with Crippen LogP contribution in [0.1, 0.15) is 0 Å². The van der Waals surface area contributed by atoms with Gasteiger partial charge in [0.25, 0.3) is 11.8 Å². The molecule has 2 N–H and O–H groups in total. The third-order valence-electron chi connectivity index (χ3n) is 2.77. The first kappa shape index (κ1) is 16.4. The third kappa shape index (κ3) is 3.60. The Morgan fingerprint density at radius 2 is 2.09 bits per heavy atom. The number of nitrogens with one attached hydrogen (secondary N) is 1. The molecule has 1 heterocycles. The molecular formula is C13H11BrF2N2O4. The highest BCUT2D eigenvalue weighted by molar-refractivity contribution is 9.10. The van der Waals surface area contributed by atoms with Crippen LogP contribution in [-0.4, -0.2) is 41.6 Å². The first-order valence-corrected chi connectivity index (χ1v) is 6.91. The summed E-state index contributed by atoms with van der Waals surface area (Å²) in [6.07, 6.45) is 1.11. The summed E-state index contributed by atoms with van der Waals surface area (Å²) in [5.41, 5.74) is 0.432. The number of β-amino-alcohol motifs (C(OH)–C–C–N with tert-alkyl or cyclic N) is 1. The smallest absolute Gasteiger partial charge is 0.387 e. The van der Waals surface area contributed by atoms with E-state index in [0.717, 1.165) is 11.0 Å². The van der Waals surface area contributed by atoms with Crippen molar-refractivity contribution in [2.45, 2.75) is 6.61 Å². The van der Waals surface area contributed by atoms with Gasteiger partial charge in [-0.3, -0.25) is 14.5 Å². The second-order valence-corrected chi connectivity index (χ2v) is 5.08. The van der Waals surface area contributed by atoms with Crippen LogP contribution in [0.15, 0.2) is 34.4 Å². The molecule has 22 heavy (non-hydrogen) atoms. The van der Waals surface area contributed by atoms with Crippen molar-refractivity contribution >= 4 is 33.4 Å². The van der Waals surface area contributed by atoms with Crippen molar-refractivity contribution in [3.63, 3.8) is 0 Å². The predicted molar refractivity (Wildman–Crippen MR) is 76.3 cm³/mol. The Morgan fingerprint density at radius 3 is 2.68 bits per heavy atom. The van der Waals surface area contributed by atoms with Crippen molar-refractivity contribution < 1.29 is 28.2 Å². The lowest BCUT2D eigenvalue weighted by molar-refractivity contribution is -0.137. The molecule has 0 saturated carbocycles. The average molecular weight is 377 g/mol. The van der Waals surface area contributed by atoms with Gasteiger partial charge in [0.2, 0.25) is 0 Å². The number of anilines is 1. The number of amides is 2. The maximum atomic E-state index is 12.1. The molecule has 0 aromatic heterocycles. The molecule has 1 aromatic rings. The van der Waals surface area contributed by atoms with Gasteiger partial charge in [0.15, 0.2) is 0 Å². The van der Waals surface area contributed by atoms with E-state index in [9.17, 15) is 18.4 Å². The van der Waals surface area contributed by atoms with Gasteiger partial charge in [0, 0.05) is 10.5 Å². The van der Waals surface area contributed by atoms with Crippen molar-refractivity contribution in [2.75, 3.05) is 18.5 Å². The average Bonchev–Trinajstić information content (AvgIpc) is 2.69. The first-order valence-electron chi connectivity index (χ1n) is 6.12. The maximum absolute atomic E-state index is 12.1. The van der Waals surface area contributed by atoms with Crippen LogP contribution in [0.4, 0.5) is 14.5 Å². The molecule has 118 valence electrons. The number of halogens is 3. The van der Waals surface area contributed by atoms with Crippen molar-refractivity contribution in [1.82, 2.24) is 4.90 Å². The van der Waals surface area contributed by atoms with Gasteiger partial charge in [-0.05, 0) is 34.1 Å². The van der Waals surface area contributed by atoms with Gasteiger partial charge in [-0.15, -0.1) is 0 Å². The lowest BCUT2D eigenvalue weighted by Gasteiger charge is -2.14. The molecular weight excluding hydrogens is 366 g/mol. The minimum atomic E-state index is -2.94. The normalized spacial score (nSPS) is 14.6. The number of ether oxygens (including phenoxy) is 1. The van der Waals surface area contributed by atoms with Gasteiger partial charge < -0.3 is 15.2 Å². The summed E-state index contributed by atoms with van der Waals surface area (Å²) in [7, 11) is 0. The van der Waals surface area contributed by atoms with E-state index in [1.165, 1.54) is 18.2 Å². The number of aliphatic hydroxyl groups is 1. The summed E-state index contributed by atoms with van der Waals surface area (Å²) in [4.78, 5) is 24.4. The lowest BCUT2D eigenvalue weighted by atomic mass is 10.3. The monoisotopic (exact) mass is 376 g/mol. The van der Waals surface area contributed by atoms with E-state index in [2.05, 4.69) is 26.0 Å². The SMILES string of the molecule is O=C1C=C(Nc2ccc(OC(F)F)cc2Br)C(=O)N1CCO. The molecule has 0 spiro atoms. The molecule has 9 heteroatoms. The summed E-state index contributed by atoms with van der Waals surface area (Å²) >= 11 is 3.16. The minimum Gasteiger partial charge on any atom is -0.435 e. The molecule has 2 amide bonds. The first-order chi connectivity index (χ1) is 10.4. The second kappa shape index (κ2) is 6.84. The Labute approximate surface area is 132 Å². The van der Waals surface area contributed by atoms with E-state index in [1.807, 2.05) is 0 Å². The van der Waals surface area contributed by atoms with Crippen LogP contribution in [0.2, 0.25) is 0 Å². The lowest BCUT2D eigenvalue weighted by Crippen LogP contribution is -2.34. The van der Waals surface area contributed by atoms with E-state index < -0.39 is 18.4 Å². The maximum Gasteiger partial charge on any atom is 0.387 e. The quantitative estimate of drug-likeness (QED) is 0.738. The van der Waals surface area contributed by atoms with E-state index in [-0.39, 0.29) is 24.6 Å². The fourth-order valence-electron chi connectivity index (χ4n) is 1.83. The van der Waals surface area contributed by atoms with Crippen molar-refractivity contribution in [3.05, 3.63) is 34.4 Å². The zero-order valence-electron chi connectivity index (χ0n) is 11.1. The fourth-order valence-corrected chi connectivity index (χ4v) is 2.29. The number of aliphatic hydroxyl groups excluding tert-OH is 1. The van der Waals surface area contributed by atoms with Gasteiger partial charge in [0.05, 0.1) is 18.8 Å². The number of carbonyl (C=O) groups excluding carboxylic acids is 2. The van der Waals surface area contributed by atoms with Crippen LogP contribution in [0.25, 0.3) is 0 Å². The van der Waals surface area contributed by atoms with Crippen LogP contribution in [0, 0.1) is 0 Å². The highest BCUT2D eigenvalue weighted by Crippen LogP contribution is 2.30. The molecule has 0 unspecified atom stereocenters. The molecule has 0 atom stereocenters. The fraction of sp³-hybridized carbons (Fsp3) is 0.231. The number of alkyl halides is 2. The van der Waals surface area contributed by atoms with E-state index in [4.69, 9.17) is 5.11 Å². The van der Waals surface area contributed by atoms with Crippen LogP contribution in [0.3, 0.4) is 0 Å². The number of carbonyl (C=O) groups is 2. The topological polar surface area (TPSA) is 78.9 Å². The number of benzene rings is 1. The number of nitrogens with zero attached hydrogens (tertiary/aromatic N) is 1. The number of rotatable bonds is 6. The number of hydrogen-bond donors (Lipinski definition) is 2. The van der Waals surface area contributed by atoms with E-state index in [1.54, 1.807) is 0 Å². The third-order valence-corrected chi connectivity index (χ3v) is 3.42. The van der Waals surface area contributed by atoms with Gasteiger partial charge in [-0.25, -0.2) is 0 Å². The second-order valence-electron chi connectivity index (χ2n) is 4.22. The van der Waals surface area contributed by atoms with Crippen LogP contribution < -0.4 is 10.1 Å². The zero-order chi connectivity index (χ0) is 16.3. The molecule has 0 saturated heterocycles. The Morgan fingerprint density at radius 1 is 1.36 bits per heavy atom. The summed E-state index contributed by atoms with van der Waals surface area (Å²) < 4.78 is 28.9. The molecule has 0 fully saturated rings. The van der Waals surface area contributed by atoms with Crippen LogP contribution in [-0.2, 0) is 9.59 Å². The summed E-state index contributed by atoms with van der Waals surface area (Å²) in [6, 6.07) is 4.03. The van der Waals surface area contributed by atoms with E-state index in [0.29, 0.717) is 10.2 Å². The Kier molecular flexibility index (Phi) is 5.09. The van der Waals surface area contributed by atoms with Crippen molar-refractivity contribution in [2.24, 2.45) is 0 Å². The van der Waals surface area contributed by atoms with Crippen LogP contribution >= 0.6 is 15.9 Å². The van der Waals surface area contributed by atoms with Crippen LogP contribution in [0.5, 0.6) is 5.75 Å². The van der Waals surface area contributed by atoms with Gasteiger partial charge in [-0.1, -0.05) is 0 Å². The minimum absolute atomic E-state index is 0.0293. The standard InChI is InChI=1S/C13H11BrF2N2O4/c14-8-5-7(22-13(15)16)1-2-9(8)17-10-6-11(20)18(3-4-19)12(10)21/h1-2,5-6,13,17,19H,3-4H2. The largest absolute Gasteiger partial charge is 0.435 e. The Balaban J connectivity index is 2.13. The molecule has 1 aliphatic rings. The van der Waals surface area contributed by atoms with Gasteiger partial charge >= 0.3 is 6.61 Å². The number of imide groups is 1. The molecule has 1 aliphatic heterocycles. The highest BCUT2D eigenvalue weighted by Gasteiger charge is 2.30.